The second kappa shape index (κ2) is 5.70. The van der Waals surface area contributed by atoms with E-state index in [1.54, 1.807) is 12.1 Å². The Hall–Kier alpha value is -1.77. The van der Waals surface area contributed by atoms with E-state index < -0.39 is 10.0 Å². The van der Waals surface area contributed by atoms with Crippen LogP contribution in [-0.2, 0) is 10.0 Å². The maximum absolute atomic E-state index is 11.9. The molecule has 2 aromatic rings. The lowest BCUT2D eigenvalue weighted by Crippen LogP contribution is -2.14. The van der Waals surface area contributed by atoms with Crippen molar-refractivity contribution in [3.63, 3.8) is 0 Å². The zero-order valence-electron chi connectivity index (χ0n) is 10.1. The SMILES string of the molecule is NS(=O)(=O)c1ccc(NC(=O)c2ccc(Br)cn2)cc1. The largest absolute Gasteiger partial charge is 0.321 e. The van der Waals surface area contributed by atoms with Crippen LogP contribution in [0.25, 0.3) is 0 Å². The van der Waals surface area contributed by atoms with Gasteiger partial charge in [-0.25, -0.2) is 18.5 Å². The third-order valence-corrected chi connectivity index (χ3v) is 3.80. The highest BCUT2D eigenvalue weighted by Crippen LogP contribution is 2.14. The van der Waals surface area contributed by atoms with Crippen molar-refractivity contribution in [2.75, 3.05) is 5.32 Å². The summed E-state index contributed by atoms with van der Waals surface area (Å²) in [5.41, 5.74) is 0.704. The molecule has 0 saturated heterocycles. The number of nitrogens with two attached hydrogens (primary N) is 1. The molecule has 1 aromatic heterocycles. The van der Waals surface area contributed by atoms with Crippen molar-refractivity contribution >= 4 is 37.5 Å². The van der Waals surface area contributed by atoms with Crippen molar-refractivity contribution in [2.45, 2.75) is 4.90 Å². The maximum Gasteiger partial charge on any atom is 0.274 e. The Kier molecular flexibility index (Phi) is 4.17. The lowest BCUT2D eigenvalue weighted by atomic mass is 10.3. The number of nitrogens with zero attached hydrogens (tertiary/aromatic N) is 1. The number of rotatable bonds is 3. The number of anilines is 1. The number of benzene rings is 1. The highest BCUT2D eigenvalue weighted by atomic mass is 79.9. The Bertz CT molecular complexity index is 728. The molecule has 0 bridgehead atoms. The number of pyridine rings is 1. The van der Waals surface area contributed by atoms with E-state index in [9.17, 15) is 13.2 Å². The fourth-order valence-corrected chi connectivity index (χ4v) is 2.18. The van der Waals surface area contributed by atoms with Crippen LogP contribution in [0, 0.1) is 0 Å². The molecule has 1 heterocycles. The molecule has 0 aliphatic heterocycles. The van der Waals surface area contributed by atoms with Crippen molar-refractivity contribution in [3.8, 4) is 0 Å². The van der Waals surface area contributed by atoms with Gasteiger partial charge in [0, 0.05) is 16.4 Å². The second-order valence-electron chi connectivity index (χ2n) is 3.89. The lowest BCUT2D eigenvalue weighted by Gasteiger charge is -2.05. The minimum atomic E-state index is -3.74. The molecule has 6 nitrogen and oxygen atoms in total. The Morgan fingerprint density at radius 1 is 1.15 bits per heavy atom. The summed E-state index contributed by atoms with van der Waals surface area (Å²) in [6.07, 6.45) is 1.51. The number of carbonyl (C=O) groups excluding carboxylic acids is 1. The smallest absolute Gasteiger partial charge is 0.274 e. The molecule has 20 heavy (non-hydrogen) atoms. The van der Waals surface area contributed by atoms with Gasteiger partial charge < -0.3 is 5.32 Å². The minimum absolute atomic E-state index is 0.0164. The van der Waals surface area contributed by atoms with E-state index >= 15 is 0 Å². The van der Waals surface area contributed by atoms with Crippen molar-refractivity contribution in [1.82, 2.24) is 4.98 Å². The van der Waals surface area contributed by atoms with Gasteiger partial charge in [-0.15, -0.1) is 0 Å². The molecule has 104 valence electrons. The average molecular weight is 356 g/mol. The summed E-state index contributed by atoms with van der Waals surface area (Å²) < 4.78 is 23.0. The molecule has 1 amide bonds. The monoisotopic (exact) mass is 355 g/mol. The molecule has 0 radical (unpaired) electrons. The molecule has 1 aromatic carbocycles. The number of carbonyl (C=O) groups is 1. The van der Waals surface area contributed by atoms with E-state index in [0.29, 0.717) is 5.69 Å². The summed E-state index contributed by atoms with van der Waals surface area (Å²) in [7, 11) is -3.74. The van der Waals surface area contributed by atoms with Crippen molar-refractivity contribution < 1.29 is 13.2 Å². The number of sulfonamides is 1. The highest BCUT2D eigenvalue weighted by molar-refractivity contribution is 9.10. The van der Waals surface area contributed by atoms with Crippen LogP contribution in [0.5, 0.6) is 0 Å². The minimum Gasteiger partial charge on any atom is -0.321 e. The number of hydrogen-bond acceptors (Lipinski definition) is 4. The van der Waals surface area contributed by atoms with Gasteiger partial charge in [-0.3, -0.25) is 4.79 Å². The van der Waals surface area contributed by atoms with Gasteiger partial charge in [-0.05, 0) is 52.3 Å². The molecule has 2 rings (SSSR count). The summed E-state index contributed by atoms with van der Waals surface area (Å²) in [6.45, 7) is 0. The third kappa shape index (κ3) is 3.62. The first-order chi connectivity index (χ1) is 9.36. The topological polar surface area (TPSA) is 102 Å². The Morgan fingerprint density at radius 3 is 2.30 bits per heavy atom. The van der Waals surface area contributed by atoms with Gasteiger partial charge in [-0.1, -0.05) is 0 Å². The summed E-state index contributed by atoms with van der Waals surface area (Å²) in [6, 6.07) is 8.82. The average Bonchev–Trinajstić information content (AvgIpc) is 2.39. The first kappa shape index (κ1) is 14.6. The molecular weight excluding hydrogens is 346 g/mol. The summed E-state index contributed by atoms with van der Waals surface area (Å²) in [5.74, 6) is -0.388. The first-order valence-corrected chi connectivity index (χ1v) is 7.76. The van der Waals surface area contributed by atoms with E-state index in [-0.39, 0.29) is 16.5 Å². The fourth-order valence-electron chi connectivity index (χ4n) is 1.43. The van der Waals surface area contributed by atoms with Crippen LogP contribution in [0.1, 0.15) is 10.5 Å². The number of halogens is 1. The Morgan fingerprint density at radius 2 is 1.80 bits per heavy atom. The number of aromatic nitrogens is 1. The number of hydrogen-bond donors (Lipinski definition) is 2. The van der Waals surface area contributed by atoms with Crippen LogP contribution in [0.2, 0.25) is 0 Å². The zero-order valence-corrected chi connectivity index (χ0v) is 12.5. The number of nitrogens with one attached hydrogen (secondary N) is 1. The van der Waals surface area contributed by atoms with Gasteiger partial charge >= 0.3 is 0 Å². The molecule has 0 aliphatic carbocycles. The molecule has 0 fully saturated rings. The van der Waals surface area contributed by atoms with Crippen LogP contribution in [0.4, 0.5) is 5.69 Å². The second-order valence-corrected chi connectivity index (χ2v) is 6.36. The van der Waals surface area contributed by atoms with Crippen LogP contribution in [0.3, 0.4) is 0 Å². The standard InChI is InChI=1S/C12H10BrN3O3S/c13-8-1-6-11(15-7-8)12(17)16-9-2-4-10(5-3-9)20(14,18)19/h1-7H,(H,16,17)(H2,14,18,19). The predicted molar refractivity (Wildman–Crippen MR) is 77.7 cm³/mol. The summed E-state index contributed by atoms with van der Waals surface area (Å²) >= 11 is 3.22. The van der Waals surface area contributed by atoms with Gasteiger partial charge in [-0.2, -0.15) is 0 Å². The van der Waals surface area contributed by atoms with Gasteiger partial charge in [0.25, 0.3) is 5.91 Å². The Labute approximate surface area is 124 Å². The maximum atomic E-state index is 11.9. The van der Waals surface area contributed by atoms with Gasteiger partial charge in [0.2, 0.25) is 10.0 Å². The third-order valence-electron chi connectivity index (χ3n) is 2.40. The molecule has 0 atom stereocenters. The quantitative estimate of drug-likeness (QED) is 0.875. The van der Waals surface area contributed by atoms with Crippen molar-refractivity contribution in [1.29, 1.82) is 0 Å². The van der Waals surface area contributed by atoms with Gasteiger partial charge in [0.05, 0.1) is 4.90 Å². The predicted octanol–water partition coefficient (Wildman–Crippen LogP) is 1.74. The molecular formula is C12H10BrN3O3S. The summed E-state index contributed by atoms with van der Waals surface area (Å²) in [5, 5.41) is 7.59. The van der Waals surface area contributed by atoms with Crippen LogP contribution >= 0.6 is 15.9 Å². The first-order valence-electron chi connectivity index (χ1n) is 5.42. The molecule has 0 aliphatic rings. The molecule has 0 unspecified atom stereocenters. The van der Waals surface area contributed by atoms with E-state index in [1.807, 2.05) is 0 Å². The molecule has 8 heteroatoms. The van der Waals surface area contributed by atoms with Crippen LogP contribution < -0.4 is 10.5 Å². The lowest BCUT2D eigenvalue weighted by molar-refractivity contribution is 0.102. The van der Waals surface area contributed by atoms with E-state index in [1.165, 1.54) is 30.5 Å². The Balaban J connectivity index is 2.14. The van der Waals surface area contributed by atoms with E-state index in [2.05, 4.69) is 26.2 Å². The highest BCUT2D eigenvalue weighted by Gasteiger charge is 2.10. The van der Waals surface area contributed by atoms with Crippen molar-refractivity contribution in [3.05, 3.63) is 52.8 Å². The van der Waals surface area contributed by atoms with Crippen LogP contribution in [0.15, 0.2) is 52.0 Å². The molecule has 0 saturated carbocycles. The van der Waals surface area contributed by atoms with E-state index in [4.69, 9.17) is 5.14 Å². The zero-order chi connectivity index (χ0) is 14.8. The number of amides is 1. The summed E-state index contributed by atoms with van der Waals surface area (Å²) in [4.78, 5) is 15.8. The molecule has 0 spiro atoms. The number of primary sulfonamides is 1. The van der Waals surface area contributed by atoms with Gasteiger partial charge in [0.15, 0.2) is 0 Å². The van der Waals surface area contributed by atoms with Crippen molar-refractivity contribution in [2.24, 2.45) is 5.14 Å². The molecule has 3 N–H and O–H groups in total. The van der Waals surface area contributed by atoms with Gasteiger partial charge in [0.1, 0.15) is 5.69 Å². The normalized spacial score (nSPS) is 11.1. The van der Waals surface area contributed by atoms with E-state index in [0.717, 1.165) is 4.47 Å². The fraction of sp³-hybridized carbons (Fsp3) is 0. The van der Waals surface area contributed by atoms with Crippen LogP contribution in [-0.4, -0.2) is 19.3 Å².